The molecule has 0 spiro atoms. The van der Waals surface area contributed by atoms with E-state index in [1.165, 1.54) is 19.4 Å². The van der Waals surface area contributed by atoms with Gasteiger partial charge < -0.3 is 15.4 Å². The number of rotatable bonds is 9. The Morgan fingerprint density at radius 3 is 2.68 bits per heavy atom. The highest BCUT2D eigenvalue weighted by Gasteiger charge is 2.22. The molecule has 0 radical (unpaired) electrons. The summed E-state index contributed by atoms with van der Waals surface area (Å²) >= 11 is 0. The quantitative estimate of drug-likeness (QED) is 0.505. The Hall–Kier alpha value is -0.810. The molecule has 0 amide bonds. The van der Waals surface area contributed by atoms with Crippen LogP contribution >= 0.6 is 0 Å². The first-order valence-corrected chi connectivity index (χ1v) is 8.92. The Kier molecular flexibility index (Phi) is 9.48. The molecule has 1 heterocycles. The molecule has 1 aliphatic rings. The van der Waals surface area contributed by atoms with Gasteiger partial charge in [0.25, 0.3) is 0 Å². The Bertz CT molecular complexity index is 320. The van der Waals surface area contributed by atoms with E-state index in [2.05, 4.69) is 48.2 Å². The number of nitrogens with zero attached hydrogens (tertiary/aromatic N) is 2. The number of aliphatic imine (C=N–C) groups is 1. The first kappa shape index (κ1) is 19.2. The molecule has 2 unspecified atom stereocenters. The summed E-state index contributed by atoms with van der Waals surface area (Å²) in [7, 11) is 1.84. The number of likely N-dealkylation sites (tertiary alicyclic amines) is 1. The topological polar surface area (TPSA) is 48.9 Å². The van der Waals surface area contributed by atoms with Crippen LogP contribution in [0.25, 0.3) is 0 Å². The van der Waals surface area contributed by atoms with E-state index in [-0.39, 0.29) is 0 Å². The van der Waals surface area contributed by atoms with Gasteiger partial charge >= 0.3 is 0 Å². The van der Waals surface area contributed by atoms with Crippen molar-refractivity contribution in [3.05, 3.63) is 0 Å². The average molecular weight is 313 g/mol. The molecule has 1 aliphatic heterocycles. The second-order valence-electron chi connectivity index (χ2n) is 6.33. The van der Waals surface area contributed by atoms with Crippen LogP contribution in [-0.2, 0) is 4.74 Å². The number of hydrogen-bond acceptors (Lipinski definition) is 3. The standard InChI is InChI=1S/C17H36N4O/c1-6-21-12-8-9-15(21)13-20-17(18-5)19-11-10-16(14(3)4)22-7-2/h14-16H,6-13H2,1-5H3,(H2,18,19,20). The average Bonchev–Trinajstić information content (AvgIpc) is 2.96. The van der Waals surface area contributed by atoms with Gasteiger partial charge in [0.15, 0.2) is 5.96 Å². The minimum Gasteiger partial charge on any atom is -0.378 e. The van der Waals surface area contributed by atoms with Crippen LogP contribution in [0.2, 0.25) is 0 Å². The number of hydrogen-bond donors (Lipinski definition) is 2. The fraction of sp³-hybridized carbons (Fsp3) is 0.941. The third-order valence-corrected chi connectivity index (χ3v) is 4.48. The predicted octanol–water partition coefficient (Wildman–Crippen LogP) is 2.09. The van der Waals surface area contributed by atoms with Crippen molar-refractivity contribution in [1.29, 1.82) is 0 Å². The van der Waals surface area contributed by atoms with Gasteiger partial charge in [-0.05, 0) is 45.2 Å². The second-order valence-corrected chi connectivity index (χ2v) is 6.33. The summed E-state index contributed by atoms with van der Waals surface area (Å²) in [5.74, 6) is 1.45. The summed E-state index contributed by atoms with van der Waals surface area (Å²) in [6, 6.07) is 0.649. The van der Waals surface area contributed by atoms with E-state index in [1.807, 2.05) is 7.05 Å². The Labute approximate surface area is 136 Å². The summed E-state index contributed by atoms with van der Waals surface area (Å²) in [4.78, 5) is 6.87. The molecule has 0 saturated carbocycles. The summed E-state index contributed by atoms with van der Waals surface area (Å²) in [5, 5.41) is 6.88. The molecule has 5 nitrogen and oxygen atoms in total. The minimum absolute atomic E-state index is 0.320. The monoisotopic (exact) mass is 312 g/mol. The maximum atomic E-state index is 5.78. The maximum absolute atomic E-state index is 5.78. The molecular weight excluding hydrogens is 276 g/mol. The van der Waals surface area contributed by atoms with E-state index >= 15 is 0 Å². The smallest absolute Gasteiger partial charge is 0.191 e. The van der Waals surface area contributed by atoms with Gasteiger partial charge in [0.1, 0.15) is 0 Å². The van der Waals surface area contributed by atoms with Crippen LogP contribution in [0.15, 0.2) is 4.99 Å². The number of nitrogens with one attached hydrogen (secondary N) is 2. The van der Waals surface area contributed by atoms with Crippen LogP contribution in [0.4, 0.5) is 0 Å². The van der Waals surface area contributed by atoms with Crippen molar-refractivity contribution >= 4 is 5.96 Å². The Morgan fingerprint density at radius 1 is 1.32 bits per heavy atom. The van der Waals surface area contributed by atoms with Crippen LogP contribution in [-0.4, -0.2) is 62.8 Å². The molecule has 5 heteroatoms. The molecule has 2 N–H and O–H groups in total. The van der Waals surface area contributed by atoms with Gasteiger partial charge in [-0.1, -0.05) is 20.8 Å². The van der Waals surface area contributed by atoms with Crippen molar-refractivity contribution in [3.63, 3.8) is 0 Å². The number of ether oxygens (including phenoxy) is 1. The molecule has 0 aromatic heterocycles. The second kappa shape index (κ2) is 10.8. The summed E-state index contributed by atoms with van der Waals surface area (Å²) in [5.41, 5.74) is 0. The van der Waals surface area contributed by atoms with Crippen LogP contribution in [0.5, 0.6) is 0 Å². The maximum Gasteiger partial charge on any atom is 0.191 e. The third kappa shape index (κ3) is 6.53. The lowest BCUT2D eigenvalue weighted by molar-refractivity contribution is 0.0258. The van der Waals surface area contributed by atoms with E-state index in [0.717, 1.165) is 38.6 Å². The highest BCUT2D eigenvalue weighted by Crippen LogP contribution is 2.15. The van der Waals surface area contributed by atoms with Gasteiger partial charge in [-0.3, -0.25) is 9.89 Å². The van der Waals surface area contributed by atoms with Gasteiger partial charge in [-0.2, -0.15) is 0 Å². The lowest BCUT2D eigenvalue weighted by atomic mass is 10.0. The predicted molar refractivity (Wildman–Crippen MR) is 94.5 cm³/mol. The minimum atomic E-state index is 0.320. The van der Waals surface area contributed by atoms with E-state index in [4.69, 9.17) is 4.74 Å². The van der Waals surface area contributed by atoms with Gasteiger partial charge in [0.05, 0.1) is 6.10 Å². The lowest BCUT2D eigenvalue weighted by Crippen LogP contribution is -2.45. The summed E-state index contributed by atoms with van der Waals surface area (Å²) < 4.78 is 5.78. The highest BCUT2D eigenvalue weighted by molar-refractivity contribution is 5.79. The van der Waals surface area contributed by atoms with Crippen LogP contribution in [0.3, 0.4) is 0 Å². The number of likely N-dealkylation sites (N-methyl/N-ethyl adjacent to an activating group) is 1. The highest BCUT2D eigenvalue weighted by atomic mass is 16.5. The van der Waals surface area contributed by atoms with Crippen molar-refractivity contribution in [3.8, 4) is 0 Å². The van der Waals surface area contributed by atoms with Crippen LogP contribution < -0.4 is 10.6 Å². The van der Waals surface area contributed by atoms with Gasteiger partial charge in [0, 0.05) is 32.8 Å². The normalized spacial score (nSPS) is 21.4. The van der Waals surface area contributed by atoms with E-state index in [9.17, 15) is 0 Å². The lowest BCUT2D eigenvalue weighted by Gasteiger charge is -2.24. The van der Waals surface area contributed by atoms with Gasteiger partial charge in [-0.25, -0.2) is 0 Å². The van der Waals surface area contributed by atoms with Crippen molar-refractivity contribution in [2.75, 3.05) is 39.8 Å². The molecule has 2 atom stereocenters. The van der Waals surface area contributed by atoms with Crippen molar-refractivity contribution < 1.29 is 4.74 Å². The Balaban J connectivity index is 2.27. The molecule has 0 bridgehead atoms. The van der Waals surface area contributed by atoms with Crippen molar-refractivity contribution in [2.24, 2.45) is 10.9 Å². The molecule has 0 aromatic rings. The fourth-order valence-corrected chi connectivity index (χ4v) is 3.13. The molecule has 22 heavy (non-hydrogen) atoms. The van der Waals surface area contributed by atoms with Crippen LogP contribution in [0, 0.1) is 5.92 Å². The van der Waals surface area contributed by atoms with E-state index in [1.54, 1.807) is 0 Å². The first-order valence-electron chi connectivity index (χ1n) is 8.92. The zero-order chi connectivity index (χ0) is 16.4. The first-order chi connectivity index (χ1) is 10.6. The zero-order valence-corrected chi connectivity index (χ0v) is 15.2. The molecule has 0 aromatic carbocycles. The fourth-order valence-electron chi connectivity index (χ4n) is 3.13. The summed E-state index contributed by atoms with van der Waals surface area (Å²) in [6.45, 7) is 13.8. The number of guanidine groups is 1. The molecule has 1 fully saturated rings. The van der Waals surface area contributed by atoms with Gasteiger partial charge in [-0.15, -0.1) is 0 Å². The van der Waals surface area contributed by atoms with Crippen molar-refractivity contribution in [2.45, 2.75) is 59.1 Å². The molecule has 130 valence electrons. The SMILES string of the molecule is CCOC(CCNC(=NC)NCC1CCCN1CC)C(C)C. The van der Waals surface area contributed by atoms with Gasteiger partial charge in [0.2, 0.25) is 0 Å². The molecule has 0 aliphatic carbocycles. The Morgan fingerprint density at radius 2 is 2.09 bits per heavy atom. The molecular formula is C17H36N4O. The van der Waals surface area contributed by atoms with E-state index < -0.39 is 0 Å². The largest absolute Gasteiger partial charge is 0.378 e. The van der Waals surface area contributed by atoms with Crippen LogP contribution in [0.1, 0.15) is 47.0 Å². The van der Waals surface area contributed by atoms with Crippen molar-refractivity contribution in [1.82, 2.24) is 15.5 Å². The molecule has 1 saturated heterocycles. The third-order valence-electron chi connectivity index (χ3n) is 4.48. The zero-order valence-electron chi connectivity index (χ0n) is 15.2. The summed E-state index contributed by atoms with van der Waals surface area (Å²) in [6.07, 6.45) is 3.94. The van der Waals surface area contributed by atoms with E-state index in [0.29, 0.717) is 18.1 Å². The molecule has 1 rings (SSSR count).